The zero-order valence-corrected chi connectivity index (χ0v) is 17.0. The largest absolute Gasteiger partial charge is 0.321 e. The Bertz CT molecular complexity index is 1170. The molecule has 28 heavy (non-hydrogen) atoms. The van der Waals surface area contributed by atoms with E-state index in [1.807, 2.05) is 0 Å². The van der Waals surface area contributed by atoms with Gasteiger partial charge < -0.3 is 5.32 Å². The first-order valence-electron chi connectivity index (χ1n) is 8.65. The van der Waals surface area contributed by atoms with Crippen molar-refractivity contribution in [2.75, 3.05) is 18.4 Å². The number of rotatable bonds is 4. The molecule has 3 aromatic rings. The third-order valence-corrected chi connectivity index (χ3v) is 8.08. The predicted molar refractivity (Wildman–Crippen MR) is 109 cm³/mol. The van der Waals surface area contributed by atoms with Gasteiger partial charge in [-0.05, 0) is 49.2 Å². The molecule has 9 heteroatoms. The van der Waals surface area contributed by atoms with Gasteiger partial charge in [0.2, 0.25) is 10.0 Å². The minimum atomic E-state index is -3.72. The van der Waals surface area contributed by atoms with E-state index in [0.29, 0.717) is 33.7 Å². The Kier molecular flexibility index (Phi) is 5.13. The fourth-order valence-electron chi connectivity index (χ4n) is 3.18. The quantitative estimate of drug-likeness (QED) is 0.640. The third-order valence-electron chi connectivity index (χ3n) is 4.60. The molecular weight excluding hydrogens is 423 g/mol. The van der Waals surface area contributed by atoms with Crippen molar-refractivity contribution in [3.8, 4) is 0 Å². The van der Waals surface area contributed by atoms with Crippen LogP contribution in [-0.2, 0) is 10.0 Å². The molecule has 1 aromatic heterocycles. The van der Waals surface area contributed by atoms with E-state index in [1.165, 1.54) is 46.0 Å². The lowest BCUT2D eigenvalue weighted by atomic mass is 10.2. The number of carbonyl (C=O) groups is 1. The highest BCUT2D eigenvalue weighted by atomic mass is 35.5. The number of amides is 1. The van der Waals surface area contributed by atoms with E-state index >= 15 is 0 Å². The Morgan fingerprint density at radius 1 is 1.14 bits per heavy atom. The SMILES string of the molecule is O=C(Nc1ccc(Cl)c(S(=O)(=O)N2CCCC2)c1)c1cc2c(F)cccc2s1. The maximum atomic E-state index is 13.9. The van der Waals surface area contributed by atoms with Crippen molar-refractivity contribution in [2.24, 2.45) is 0 Å². The summed E-state index contributed by atoms with van der Waals surface area (Å²) in [6.07, 6.45) is 1.63. The van der Waals surface area contributed by atoms with Gasteiger partial charge in [0.1, 0.15) is 10.7 Å². The zero-order valence-electron chi connectivity index (χ0n) is 14.6. The molecule has 0 atom stereocenters. The number of nitrogens with one attached hydrogen (secondary N) is 1. The molecular formula is C19H16ClFN2O3S2. The van der Waals surface area contributed by atoms with E-state index in [-0.39, 0.29) is 9.92 Å². The van der Waals surface area contributed by atoms with E-state index in [0.717, 1.165) is 12.8 Å². The summed E-state index contributed by atoms with van der Waals surface area (Å²) in [4.78, 5) is 12.9. The first kappa shape index (κ1) is 19.3. The van der Waals surface area contributed by atoms with E-state index < -0.39 is 21.7 Å². The molecule has 5 nitrogen and oxygen atoms in total. The molecule has 1 saturated heterocycles. The molecule has 1 fully saturated rings. The van der Waals surface area contributed by atoms with Crippen LogP contribution in [0.5, 0.6) is 0 Å². The number of hydrogen-bond acceptors (Lipinski definition) is 4. The second-order valence-electron chi connectivity index (χ2n) is 6.47. The van der Waals surface area contributed by atoms with Gasteiger partial charge in [-0.15, -0.1) is 11.3 Å². The molecule has 0 spiro atoms. The molecule has 0 radical (unpaired) electrons. The molecule has 0 bridgehead atoms. The van der Waals surface area contributed by atoms with Crippen LogP contribution in [0.1, 0.15) is 22.5 Å². The van der Waals surface area contributed by atoms with Crippen LogP contribution < -0.4 is 5.32 Å². The van der Waals surface area contributed by atoms with Gasteiger partial charge >= 0.3 is 0 Å². The highest BCUT2D eigenvalue weighted by molar-refractivity contribution is 7.89. The summed E-state index contributed by atoms with van der Waals surface area (Å²) in [5.41, 5.74) is 0.310. The molecule has 1 aliphatic heterocycles. The number of fused-ring (bicyclic) bond motifs is 1. The number of hydrogen-bond donors (Lipinski definition) is 1. The average molecular weight is 439 g/mol. The first-order chi connectivity index (χ1) is 13.4. The number of halogens is 2. The van der Waals surface area contributed by atoms with Crippen LogP contribution in [0, 0.1) is 5.82 Å². The summed E-state index contributed by atoms with van der Waals surface area (Å²) >= 11 is 7.29. The van der Waals surface area contributed by atoms with Crippen molar-refractivity contribution in [3.05, 3.63) is 58.2 Å². The van der Waals surface area contributed by atoms with Crippen molar-refractivity contribution in [1.82, 2.24) is 4.31 Å². The first-order valence-corrected chi connectivity index (χ1v) is 11.3. The Labute approximate surface area is 170 Å². The van der Waals surface area contributed by atoms with Crippen molar-refractivity contribution < 1.29 is 17.6 Å². The molecule has 1 N–H and O–H groups in total. The number of anilines is 1. The van der Waals surface area contributed by atoms with Crippen molar-refractivity contribution in [1.29, 1.82) is 0 Å². The van der Waals surface area contributed by atoms with Crippen LogP contribution in [-0.4, -0.2) is 31.7 Å². The Hall–Kier alpha value is -2.00. The molecule has 146 valence electrons. The maximum Gasteiger partial charge on any atom is 0.265 e. The molecule has 0 saturated carbocycles. The number of nitrogens with zero attached hydrogens (tertiary/aromatic N) is 1. The normalized spacial score (nSPS) is 15.2. The number of carbonyl (C=O) groups excluding carboxylic acids is 1. The predicted octanol–water partition coefficient (Wildman–Crippen LogP) is 4.73. The topological polar surface area (TPSA) is 66.5 Å². The Morgan fingerprint density at radius 3 is 2.61 bits per heavy atom. The van der Waals surface area contributed by atoms with Gasteiger partial charge in [-0.1, -0.05) is 17.7 Å². The summed E-state index contributed by atoms with van der Waals surface area (Å²) in [6.45, 7) is 0.922. The highest BCUT2D eigenvalue weighted by Crippen LogP contribution is 2.31. The van der Waals surface area contributed by atoms with Crippen LogP contribution >= 0.6 is 22.9 Å². The van der Waals surface area contributed by atoms with Crippen molar-refractivity contribution in [2.45, 2.75) is 17.7 Å². The summed E-state index contributed by atoms with van der Waals surface area (Å²) in [7, 11) is -3.72. The molecule has 4 rings (SSSR count). The lowest BCUT2D eigenvalue weighted by Gasteiger charge is -2.17. The second kappa shape index (κ2) is 7.44. The fraction of sp³-hybridized carbons (Fsp3) is 0.211. The standard InChI is InChI=1S/C19H16ClFN2O3S2/c20-14-7-6-12(10-18(14)28(25,26)23-8-1-2-9-23)22-19(24)17-11-13-15(21)4-3-5-16(13)27-17/h3-7,10-11H,1-2,8-9H2,(H,22,24). The van der Waals surface area contributed by atoms with E-state index in [1.54, 1.807) is 12.1 Å². The van der Waals surface area contributed by atoms with Crippen molar-refractivity contribution in [3.63, 3.8) is 0 Å². The lowest BCUT2D eigenvalue weighted by molar-refractivity contribution is 0.103. The number of thiophene rings is 1. The molecule has 0 unspecified atom stereocenters. The average Bonchev–Trinajstić information content (AvgIpc) is 3.33. The number of benzene rings is 2. The molecule has 1 amide bonds. The summed E-state index contributed by atoms with van der Waals surface area (Å²) in [6, 6.07) is 10.5. The monoisotopic (exact) mass is 438 g/mol. The number of sulfonamides is 1. The van der Waals surface area contributed by atoms with Crippen LogP contribution in [0.25, 0.3) is 10.1 Å². The van der Waals surface area contributed by atoms with Gasteiger partial charge in [-0.3, -0.25) is 4.79 Å². The molecule has 0 aliphatic carbocycles. The van der Waals surface area contributed by atoms with E-state index in [9.17, 15) is 17.6 Å². The fourth-order valence-corrected chi connectivity index (χ4v) is 6.16. The van der Waals surface area contributed by atoms with E-state index in [2.05, 4.69) is 5.32 Å². The molecule has 1 aliphatic rings. The van der Waals surface area contributed by atoms with Gasteiger partial charge in [-0.25, -0.2) is 12.8 Å². The van der Waals surface area contributed by atoms with Gasteiger partial charge in [-0.2, -0.15) is 4.31 Å². The van der Waals surface area contributed by atoms with Crippen LogP contribution in [0.15, 0.2) is 47.4 Å². The summed E-state index contributed by atoms with van der Waals surface area (Å²) in [5, 5.41) is 3.16. The lowest BCUT2D eigenvalue weighted by Crippen LogP contribution is -2.28. The Morgan fingerprint density at radius 2 is 1.89 bits per heavy atom. The highest BCUT2D eigenvalue weighted by Gasteiger charge is 2.29. The maximum absolute atomic E-state index is 13.9. The van der Waals surface area contributed by atoms with Gasteiger partial charge in [0, 0.05) is 28.9 Å². The molecule has 2 heterocycles. The smallest absolute Gasteiger partial charge is 0.265 e. The van der Waals surface area contributed by atoms with Gasteiger partial charge in [0.05, 0.1) is 9.90 Å². The van der Waals surface area contributed by atoms with E-state index in [4.69, 9.17) is 11.6 Å². The molecule has 2 aromatic carbocycles. The zero-order chi connectivity index (χ0) is 19.9. The van der Waals surface area contributed by atoms with Crippen LogP contribution in [0.4, 0.5) is 10.1 Å². The van der Waals surface area contributed by atoms with Crippen LogP contribution in [0.2, 0.25) is 5.02 Å². The summed E-state index contributed by atoms with van der Waals surface area (Å²) < 4.78 is 41.5. The third kappa shape index (κ3) is 3.53. The Balaban J connectivity index is 1.62. The van der Waals surface area contributed by atoms with Gasteiger partial charge in [0.15, 0.2) is 0 Å². The second-order valence-corrected chi connectivity index (χ2v) is 9.87. The van der Waals surface area contributed by atoms with Crippen molar-refractivity contribution >= 4 is 54.6 Å². The summed E-state index contributed by atoms with van der Waals surface area (Å²) in [5.74, 6) is -0.828. The van der Waals surface area contributed by atoms with Crippen LogP contribution in [0.3, 0.4) is 0 Å². The minimum absolute atomic E-state index is 0.0312. The minimum Gasteiger partial charge on any atom is -0.321 e. The van der Waals surface area contributed by atoms with Gasteiger partial charge in [0.25, 0.3) is 5.91 Å².